The molecule has 1 unspecified atom stereocenters. The third kappa shape index (κ3) is 4.00. The van der Waals surface area contributed by atoms with E-state index < -0.39 is 0 Å². The van der Waals surface area contributed by atoms with E-state index in [1.165, 1.54) is 11.1 Å². The molecule has 3 aromatic rings. The Hall–Kier alpha value is -3.48. The number of hydrogen-bond acceptors (Lipinski definition) is 5. The predicted molar refractivity (Wildman–Crippen MR) is 129 cm³/mol. The maximum absolute atomic E-state index is 13.1. The van der Waals surface area contributed by atoms with Gasteiger partial charge in [-0.1, -0.05) is 24.3 Å². The van der Waals surface area contributed by atoms with Crippen LogP contribution >= 0.6 is 0 Å². The highest BCUT2D eigenvalue weighted by Gasteiger charge is 2.36. The highest BCUT2D eigenvalue weighted by molar-refractivity contribution is 5.87. The molecule has 5 rings (SSSR count). The number of ether oxygens (including phenoxy) is 3. The summed E-state index contributed by atoms with van der Waals surface area (Å²) in [5.74, 6) is 3.58. The van der Waals surface area contributed by atoms with E-state index in [0.29, 0.717) is 29.7 Å². The van der Waals surface area contributed by atoms with Crippen molar-refractivity contribution in [2.75, 3.05) is 34.4 Å². The molecule has 0 N–H and O–H groups in total. The summed E-state index contributed by atoms with van der Waals surface area (Å²) in [6.45, 7) is 2.21. The highest BCUT2D eigenvalue weighted by atomic mass is 16.5. The van der Waals surface area contributed by atoms with Gasteiger partial charge in [0.15, 0.2) is 11.5 Å². The minimum Gasteiger partial charge on any atom is -0.493 e. The molecule has 1 aliphatic heterocycles. The first kappa shape index (κ1) is 22.3. The van der Waals surface area contributed by atoms with Crippen molar-refractivity contribution in [3.63, 3.8) is 0 Å². The van der Waals surface area contributed by atoms with Gasteiger partial charge in [-0.3, -0.25) is 4.79 Å². The van der Waals surface area contributed by atoms with Gasteiger partial charge in [0.1, 0.15) is 5.82 Å². The van der Waals surface area contributed by atoms with Gasteiger partial charge in [0, 0.05) is 37.9 Å². The van der Waals surface area contributed by atoms with Crippen LogP contribution in [0.5, 0.6) is 17.2 Å². The Bertz CT molecular complexity index is 1160. The summed E-state index contributed by atoms with van der Waals surface area (Å²) in [4.78, 5) is 19.8. The monoisotopic (exact) mass is 461 g/mol. The minimum absolute atomic E-state index is 0.0368. The van der Waals surface area contributed by atoms with E-state index in [2.05, 4.69) is 21.7 Å². The number of fused-ring (bicyclic) bond motifs is 1. The average molecular weight is 462 g/mol. The maximum Gasteiger partial charge on any atom is 0.230 e. The first-order valence-electron chi connectivity index (χ1n) is 11.8. The predicted octanol–water partition coefficient (Wildman–Crippen LogP) is 4.00. The normalized spacial score (nSPS) is 17.6. The zero-order valence-corrected chi connectivity index (χ0v) is 20.0. The number of carbonyl (C=O) groups is 1. The average Bonchev–Trinajstić information content (AvgIpc) is 3.32. The highest BCUT2D eigenvalue weighted by Crippen LogP contribution is 2.39. The Kier molecular flexibility index (Phi) is 6.18. The number of carbonyl (C=O) groups excluding carboxylic acids is 1. The third-order valence-corrected chi connectivity index (χ3v) is 7.15. The van der Waals surface area contributed by atoms with Crippen LogP contribution in [-0.2, 0) is 17.8 Å². The van der Waals surface area contributed by atoms with Crippen molar-refractivity contribution >= 4 is 5.91 Å². The fraction of sp³-hybridized carbons (Fsp3) is 0.407. The van der Waals surface area contributed by atoms with E-state index in [1.807, 2.05) is 41.6 Å². The number of imidazole rings is 1. The van der Waals surface area contributed by atoms with Crippen LogP contribution in [0.25, 0.3) is 0 Å². The first-order valence-corrected chi connectivity index (χ1v) is 11.8. The Morgan fingerprint density at radius 1 is 1.03 bits per heavy atom. The quantitative estimate of drug-likeness (QED) is 0.532. The smallest absolute Gasteiger partial charge is 0.230 e. The number of nitrogens with zero attached hydrogens (tertiary/aromatic N) is 3. The molecule has 0 bridgehead atoms. The van der Waals surface area contributed by atoms with E-state index in [0.717, 1.165) is 43.7 Å². The molecule has 7 nitrogen and oxygen atoms in total. The second-order valence-electron chi connectivity index (χ2n) is 9.00. The van der Waals surface area contributed by atoms with Gasteiger partial charge in [-0.05, 0) is 48.1 Å². The minimum atomic E-state index is 0.0368. The Labute approximate surface area is 200 Å². The van der Waals surface area contributed by atoms with Crippen molar-refractivity contribution in [2.24, 2.45) is 0 Å². The molecule has 2 heterocycles. The van der Waals surface area contributed by atoms with Crippen LogP contribution in [0.3, 0.4) is 0 Å². The zero-order chi connectivity index (χ0) is 23.7. The summed E-state index contributed by atoms with van der Waals surface area (Å²) in [5, 5.41) is 0. The van der Waals surface area contributed by atoms with Crippen LogP contribution in [0.1, 0.15) is 47.2 Å². The van der Waals surface area contributed by atoms with Crippen molar-refractivity contribution in [3.05, 3.63) is 71.3 Å². The molecular formula is C27H31N3O4. The van der Waals surface area contributed by atoms with Crippen LogP contribution in [0, 0.1) is 0 Å². The number of likely N-dealkylation sites (tertiary alicyclic amines) is 1. The van der Waals surface area contributed by atoms with E-state index in [4.69, 9.17) is 14.2 Å². The zero-order valence-electron chi connectivity index (χ0n) is 20.0. The second-order valence-corrected chi connectivity index (χ2v) is 9.00. The van der Waals surface area contributed by atoms with E-state index in [1.54, 1.807) is 21.3 Å². The van der Waals surface area contributed by atoms with Crippen molar-refractivity contribution in [3.8, 4) is 17.2 Å². The van der Waals surface area contributed by atoms with Crippen molar-refractivity contribution < 1.29 is 19.0 Å². The molecule has 1 amide bonds. The molecule has 1 aliphatic carbocycles. The molecule has 1 aromatic heterocycles. The van der Waals surface area contributed by atoms with E-state index in [9.17, 15) is 4.79 Å². The molecule has 0 saturated carbocycles. The van der Waals surface area contributed by atoms with Crippen molar-refractivity contribution in [1.82, 2.24) is 14.5 Å². The van der Waals surface area contributed by atoms with Crippen molar-refractivity contribution in [1.29, 1.82) is 0 Å². The number of rotatable bonds is 7. The van der Waals surface area contributed by atoms with Crippen molar-refractivity contribution in [2.45, 2.75) is 37.6 Å². The van der Waals surface area contributed by atoms with Gasteiger partial charge >= 0.3 is 0 Å². The number of piperidine rings is 1. The molecule has 2 aromatic carbocycles. The molecule has 178 valence electrons. The number of amides is 1. The largest absolute Gasteiger partial charge is 0.493 e. The maximum atomic E-state index is 13.1. The summed E-state index contributed by atoms with van der Waals surface area (Å²) in [6.07, 6.45) is 6.59. The van der Waals surface area contributed by atoms with E-state index in [-0.39, 0.29) is 11.8 Å². The molecule has 1 saturated heterocycles. The first-order chi connectivity index (χ1) is 16.6. The lowest BCUT2D eigenvalue weighted by molar-refractivity contribution is -0.134. The summed E-state index contributed by atoms with van der Waals surface area (Å²) >= 11 is 0. The topological polar surface area (TPSA) is 65.8 Å². The Morgan fingerprint density at radius 3 is 2.38 bits per heavy atom. The Morgan fingerprint density at radius 2 is 1.74 bits per heavy atom. The summed E-state index contributed by atoms with van der Waals surface area (Å²) < 4.78 is 18.6. The molecule has 1 fully saturated rings. The lowest BCUT2D eigenvalue weighted by Gasteiger charge is -2.37. The van der Waals surface area contributed by atoms with Gasteiger partial charge in [-0.2, -0.15) is 0 Å². The number of hydrogen-bond donors (Lipinski definition) is 0. The number of methoxy groups -OCH3 is 3. The van der Waals surface area contributed by atoms with Gasteiger partial charge in [-0.15, -0.1) is 0 Å². The summed E-state index contributed by atoms with van der Waals surface area (Å²) in [5.41, 5.74) is 3.56. The fourth-order valence-electron chi connectivity index (χ4n) is 5.30. The lowest BCUT2D eigenvalue weighted by atomic mass is 9.76. The Balaban J connectivity index is 1.26. The van der Waals surface area contributed by atoms with Gasteiger partial charge in [0.05, 0.1) is 27.2 Å². The molecule has 2 aliphatic rings. The van der Waals surface area contributed by atoms with Gasteiger partial charge in [0.2, 0.25) is 11.7 Å². The molecule has 0 spiro atoms. The van der Waals surface area contributed by atoms with Crippen LogP contribution in [0.2, 0.25) is 0 Å². The summed E-state index contributed by atoms with van der Waals surface area (Å²) in [7, 11) is 4.86. The van der Waals surface area contributed by atoms with Crippen LogP contribution in [-0.4, -0.2) is 54.8 Å². The molecule has 34 heavy (non-hydrogen) atoms. The van der Waals surface area contributed by atoms with Crippen LogP contribution in [0.15, 0.2) is 48.8 Å². The second kappa shape index (κ2) is 9.41. The molecule has 1 atom stereocenters. The van der Waals surface area contributed by atoms with Gasteiger partial charge in [0.25, 0.3) is 0 Å². The standard InChI is InChI=1S/C27H31N3O4/c1-32-23-14-18(15-24(33-2)25(23)34-3)17-30-13-10-28-26(30)19-8-11-29(12-9-19)27(31)22-16-20-6-4-5-7-21(20)22/h4-7,10,13-15,19,22H,8-9,11-12,16-17H2,1-3H3. The number of benzene rings is 2. The molecule has 7 heteroatoms. The van der Waals surface area contributed by atoms with Crippen LogP contribution < -0.4 is 14.2 Å². The van der Waals surface area contributed by atoms with Gasteiger partial charge in [-0.25, -0.2) is 4.98 Å². The lowest BCUT2D eigenvalue weighted by Crippen LogP contribution is -2.43. The van der Waals surface area contributed by atoms with Gasteiger partial charge < -0.3 is 23.7 Å². The summed E-state index contributed by atoms with van der Waals surface area (Å²) in [6, 6.07) is 12.2. The van der Waals surface area contributed by atoms with E-state index >= 15 is 0 Å². The number of aromatic nitrogens is 2. The third-order valence-electron chi connectivity index (χ3n) is 7.15. The van der Waals surface area contributed by atoms with Crippen LogP contribution in [0.4, 0.5) is 0 Å². The SMILES string of the molecule is COc1cc(Cn2ccnc2C2CCN(C(=O)C3Cc4ccccc43)CC2)cc(OC)c1OC. The molecule has 0 radical (unpaired) electrons. The fourth-order valence-corrected chi connectivity index (χ4v) is 5.30. The molecular weight excluding hydrogens is 430 g/mol.